The maximum Gasteiger partial charge on any atom is 0.220 e. The molecule has 0 N–H and O–H groups in total. The van der Waals surface area contributed by atoms with Crippen LogP contribution in [0.2, 0.25) is 0 Å². The average molecular weight is 345 g/mol. The van der Waals surface area contributed by atoms with Gasteiger partial charge >= 0.3 is 0 Å². The number of hydrogen-bond donors (Lipinski definition) is 0. The largest absolute Gasteiger partial charge is 0.228 e. The van der Waals surface area contributed by atoms with Crippen molar-refractivity contribution in [3.05, 3.63) is 54.1 Å². The fourth-order valence-corrected chi connectivity index (χ4v) is 7.35. The summed E-state index contributed by atoms with van der Waals surface area (Å²) in [6.07, 6.45) is 8.66. The highest BCUT2D eigenvalue weighted by Gasteiger charge is 3.01. The molecule has 0 aliphatic heterocycles. The van der Waals surface area contributed by atoms with Crippen molar-refractivity contribution in [2.45, 2.75) is 38.0 Å². The smallest absolute Gasteiger partial charge is 0.220 e. The molecule has 4 atom stereocenters. The highest BCUT2D eigenvalue weighted by Crippen LogP contribution is 3.05. The second-order valence-corrected chi connectivity index (χ2v) is 9.65. The molecule has 1 spiro atoms. The quantitative estimate of drug-likeness (QED) is 0.653. The normalized spacial score (nSPS) is 46.4. The number of hydrogen-bond acceptors (Lipinski definition) is 1. The molecule has 5 saturated carbocycles. The molecule has 0 bridgehead atoms. The van der Waals surface area contributed by atoms with Gasteiger partial charge in [0.25, 0.3) is 0 Å². The number of aromatic nitrogens is 1. The number of nitrogens with zero attached hydrogens (tertiary/aromatic N) is 1. The van der Waals surface area contributed by atoms with Crippen LogP contribution in [-0.2, 0) is 0 Å². The summed E-state index contributed by atoms with van der Waals surface area (Å²) in [6.45, 7) is 0. The molecule has 4 unspecified atom stereocenters. The van der Waals surface area contributed by atoms with Gasteiger partial charge in [-0.25, -0.2) is 4.98 Å². The Bertz CT molecular complexity index is 875. The highest BCUT2D eigenvalue weighted by atomic mass is 19.1. The Morgan fingerprint density at radius 3 is 2.27 bits per heavy atom. The van der Waals surface area contributed by atoms with Gasteiger partial charge in [-0.1, -0.05) is 24.3 Å². The maximum absolute atomic E-state index is 13.9. The Hall–Kier alpha value is -1.70. The van der Waals surface area contributed by atoms with Gasteiger partial charge in [-0.05, 0) is 102 Å². The van der Waals surface area contributed by atoms with Crippen LogP contribution >= 0.6 is 0 Å². The van der Waals surface area contributed by atoms with Crippen LogP contribution in [0.3, 0.4) is 0 Å². The molecular weight excluding hydrogens is 321 g/mol. The average Bonchev–Trinajstić information content (AvgIpc) is 3.52. The van der Waals surface area contributed by atoms with Crippen LogP contribution in [0.1, 0.15) is 43.6 Å². The third-order valence-electron chi connectivity index (χ3n) is 8.86. The first-order chi connectivity index (χ1) is 12.8. The summed E-state index contributed by atoms with van der Waals surface area (Å²) in [5.41, 5.74) is 3.96. The predicted octanol–water partition coefficient (Wildman–Crippen LogP) is 5.67. The van der Waals surface area contributed by atoms with Crippen LogP contribution in [0.4, 0.5) is 4.39 Å². The molecule has 1 aromatic heterocycles. The number of halogens is 1. The first kappa shape index (κ1) is 14.4. The first-order valence-corrected chi connectivity index (χ1v) is 10.5. The van der Waals surface area contributed by atoms with E-state index in [9.17, 15) is 4.39 Å². The van der Waals surface area contributed by atoms with Crippen LogP contribution in [0, 0.1) is 46.9 Å². The molecule has 2 aromatic rings. The van der Waals surface area contributed by atoms with Crippen LogP contribution in [0.5, 0.6) is 0 Å². The molecule has 0 radical (unpaired) electrons. The predicted molar refractivity (Wildman–Crippen MR) is 98.8 cm³/mol. The molecule has 1 aromatic carbocycles. The van der Waals surface area contributed by atoms with Crippen LogP contribution in [-0.4, -0.2) is 4.98 Å². The van der Waals surface area contributed by atoms with Crippen molar-refractivity contribution in [1.29, 1.82) is 0 Å². The lowest BCUT2D eigenvalue weighted by molar-refractivity contribution is 0.210. The highest BCUT2D eigenvalue weighted by molar-refractivity contribution is 5.63. The monoisotopic (exact) mass is 345 g/mol. The van der Waals surface area contributed by atoms with Crippen molar-refractivity contribution >= 4 is 0 Å². The molecule has 132 valence electrons. The zero-order chi connectivity index (χ0) is 17.0. The van der Waals surface area contributed by atoms with Crippen LogP contribution < -0.4 is 0 Å². The summed E-state index contributed by atoms with van der Waals surface area (Å²) in [5.74, 6) is 7.33. The Balaban J connectivity index is 1.01. The first-order valence-electron chi connectivity index (χ1n) is 10.5. The van der Waals surface area contributed by atoms with Crippen molar-refractivity contribution < 1.29 is 4.39 Å². The van der Waals surface area contributed by atoms with E-state index in [1.807, 2.05) is 0 Å². The van der Waals surface area contributed by atoms with E-state index in [1.165, 1.54) is 61.1 Å². The molecular formula is C24H24FN. The number of rotatable bonds is 3. The topological polar surface area (TPSA) is 12.9 Å². The van der Waals surface area contributed by atoms with Gasteiger partial charge in [0.05, 0.1) is 0 Å². The van der Waals surface area contributed by atoms with E-state index in [1.54, 1.807) is 18.6 Å². The number of fused-ring (bicyclic) bond motifs is 6. The van der Waals surface area contributed by atoms with Crippen LogP contribution in [0.15, 0.2) is 42.6 Å². The van der Waals surface area contributed by atoms with E-state index in [-0.39, 0.29) is 5.95 Å². The van der Waals surface area contributed by atoms with Crippen molar-refractivity contribution in [2.75, 3.05) is 0 Å². The summed E-state index contributed by atoms with van der Waals surface area (Å²) in [5, 5.41) is 0. The van der Waals surface area contributed by atoms with E-state index in [0.717, 1.165) is 22.8 Å². The van der Waals surface area contributed by atoms with E-state index < -0.39 is 0 Å². The molecule has 0 saturated heterocycles. The molecule has 0 amide bonds. The SMILES string of the molecule is Fc1ncccc1-c1ccc(C2CCC(C3C4C3C43C4CC43)CC2)cc1. The summed E-state index contributed by atoms with van der Waals surface area (Å²) in [7, 11) is 0. The minimum atomic E-state index is -0.380. The molecule has 5 fully saturated rings. The molecule has 5 aliphatic rings. The van der Waals surface area contributed by atoms with Crippen LogP contribution in [0.25, 0.3) is 11.1 Å². The van der Waals surface area contributed by atoms with Crippen molar-refractivity contribution in [3.63, 3.8) is 0 Å². The van der Waals surface area contributed by atoms with Crippen molar-refractivity contribution in [1.82, 2.24) is 4.98 Å². The maximum atomic E-state index is 13.9. The second kappa shape index (κ2) is 4.58. The molecule has 26 heavy (non-hydrogen) atoms. The Labute approximate surface area is 154 Å². The lowest BCUT2D eigenvalue weighted by Crippen LogP contribution is -2.22. The molecule has 1 heterocycles. The van der Waals surface area contributed by atoms with E-state index in [4.69, 9.17) is 0 Å². The van der Waals surface area contributed by atoms with E-state index in [0.29, 0.717) is 11.5 Å². The summed E-state index contributed by atoms with van der Waals surface area (Å²) in [4.78, 5) is 3.76. The van der Waals surface area contributed by atoms with Gasteiger partial charge in [0.1, 0.15) is 0 Å². The van der Waals surface area contributed by atoms with Gasteiger partial charge in [-0.2, -0.15) is 4.39 Å². The van der Waals surface area contributed by atoms with Gasteiger partial charge in [0.15, 0.2) is 0 Å². The molecule has 2 heteroatoms. The van der Waals surface area contributed by atoms with Gasteiger partial charge in [-0.15, -0.1) is 0 Å². The fourth-order valence-electron chi connectivity index (χ4n) is 7.35. The number of benzene rings is 1. The summed E-state index contributed by atoms with van der Waals surface area (Å²) in [6, 6.07) is 12.2. The standard InChI is InChI=1S/C24H24FN/c25-23-17(2-1-11-26-23)15-7-3-13(4-8-15)14-5-9-16(10-6-14)20-21-22(20)24(21)18-12-19(18)24/h1-4,7-8,11,14,16,18-22H,5-6,9-10,12H2. The molecule has 1 nitrogen and oxygen atoms in total. The zero-order valence-electron chi connectivity index (χ0n) is 14.9. The minimum Gasteiger partial charge on any atom is -0.228 e. The Morgan fingerprint density at radius 2 is 1.65 bits per heavy atom. The fraction of sp³-hybridized carbons (Fsp3) is 0.542. The zero-order valence-corrected chi connectivity index (χ0v) is 14.9. The lowest BCUT2D eigenvalue weighted by atomic mass is 9.73. The second-order valence-electron chi connectivity index (χ2n) is 9.65. The van der Waals surface area contributed by atoms with Gasteiger partial charge in [0, 0.05) is 11.8 Å². The Morgan fingerprint density at radius 1 is 0.923 bits per heavy atom. The third kappa shape index (κ3) is 1.69. The number of pyridine rings is 1. The van der Waals surface area contributed by atoms with E-state index in [2.05, 4.69) is 29.2 Å². The van der Waals surface area contributed by atoms with Gasteiger partial charge in [0.2, 0.25) is 5.95 Å². The van der Waals surface area contributed by atoms with E-state index >= 15 is 0 Å². The van der Waals surface area contributed by atoms with Gasteiger partial charge in [-0.3, -0.25) is 0 Å². The molecule has 5 aliphatic carbocycles. The lowest BCUT2D eigenvalue weighted by Gasteiger charge is -2.32. The summed E-state index contributed by atoms with van der Waals surface area (Å²) < 4.78 is 13.9. The van der Waals surface area contributed by atoms with Crippen molar-refractivity contribution in [3.8, 4) is 11.1 Å². The van der Waals surface area contributed by atoms with Crippen molar-refractivity contribution in [2.24, 2.45) is 40.9 Å². The van der Waals surface area contributed by atoms with Gasteiger partial charge < -0.3 is 0 Å². The molecule has 7 rings (SSSR count). The Kier molecular flexibility index (Phi) is 2.53. The third-order valence-corrected chi connectivity index (χ3v) is 8.86. The summed E-state index contributed by atoms with van der Waals surface area (Å²) >= 11 is 0. The minimum absolute atomic E-state index is 0.380.